The standard InChI is InChI=1S/C30H35NO7/c1-6-18(8-10-20(32)22(34)13-15(2)3)9-11-21(33)26-25-19(14-17(5)28(26)36)29(37)27-24(30(25)38)16(4)7-12-23(35)31-27/h7-8,10,13-14,18,20,22,32,34,36H,6,9,11-12H2,1-5H3,(H,31,35)/t18-,20-,22-/m0/s1. The van der Waals surface area contributed by atoms with Gasteiger partial charge in [0.05, 0.1) is 11.1 Å². The number of aliphatic hydroxyl groups is 2. The number of phenolic OH excluding ortho intramolecular Hbond substituents is 1. The molecule has 1 amide bonds. The fraction of sp³-hybridized carbons (Fsp3) is 0.400. The number of fused-ring (bicyclic) bond motifs is 1. The molecule has 4 N–H and O–H groups in total. The molecular formula is C30H35NO7. The summed E-state index contributed by atoms with van der Waals surface area (Å²) in [6, 6.07) is 1.37. The Morgan fingerprint density at radius 3 is 2.39 bits per heavy atom. The van der Waals surface area contributed by atoms with E-state index >= 15 is 0 Å². The van der Waals surface area contributed by atoms with Crippen LogP contribution < -0.4 is 5.32 Å². The van der Waals surface area contributed by atoms with Crippen molar-refractivity contribution in [1.82, 2.24) is 5.32 Å². The highest BCUT2D eigenvalue weighted by molar-refractivity contribution is 6.32. The van der Waals surface area contributed by atoms with Gasteiger partial charge in [0.2, 0.25) is 11.7 Å². The lowest BCUT2D eigenvalue weighted by Crippen LogP contribution is -2.34. The molecule has 3 atom stereocenters. The molecule has 8 nitrogen and oxygen atoms in total. The van der Waals surface area contributed by atoms with E-state index in [1.54, 1.807) is 32.1 Å². The summed E-state index contributed by atoms with van der Waals surface area (Å²) in [5, 5.41) is 33.6. The number of rotatable bonds is 9. The van der Waals surface area contributed by atoms with Gasteiger partial charge in [-0.3, -0.25) is 19.2 Å². The van der Waals surface area contributed by atoms with E-state index in [1.807, 2.05) is 20.8 Å². The van der Waals surface area contributed by atoms with Crippen molar-refractivity contribution in [2.24, 2.45) is 5.92 Å². The minimum atomic E-state index is -1.09. The van der Waals surface area contributed by atoms with Crippen molar-refractivity contribution in [2.45, 2.75) is 72.5 Å². The molecule has 0 spiro atoms. The Morgan fingerprint density at radius 1 is 1.08 bits per heavy atom. The van der Waals surface area contributed by atoms with Gasteiger partial charge < -0.3 is 20.6 Å². The number of hydrogen-bond acceptors (Lipinski definition) is 7. The number of carbonyl (C=O) groups is 4. The highest BCUT2D eigenvalue weighted by atomic mass is 16.3. The topological polar surface area (TPSA) is 141 Å². The van der Waals surface area contributed by atoms with Crippen LogP contribution in [-0.4, -0.2) is 50.8 Å². The van der Waals surface area contributed by atoms with Crippen LogP contribution in [0.2, 0.25) is 0 Å². The number of hydrogen-bond donors (Lipinski definition) is 4. The molecule has 1 aliphatic carbocycles. The number of benzene rings is 1. The van der Waals surface area contributed by atoms with Crippen LogP contribution >= 0.6 is 0 Å². The molecule has 0 bridgehead atoms. The van der Waals surface area contributed by atoms with Crippen molar-refractivity contribution in [3.8, 4) is 5.75 Å². The number of aliphatic hydroxyl groups excluding tert-OH is 2. The largest absolute Gasteiger partial charge is 0.507 e. The lowest BCUT2D eigenvalue weighted by atomic mass is 9.79. The van der Waals surface area contributed by atoms with Crippen molar-refractivity contribution in [3.05, 3.63) is 75.0 Å². The van der Waals surface area contributed by atoms with Crippen LogP contribution in [-0.2, 0) is 4.79 Å². The Balaban J connectivity index is 1.92. The van der Waals surface area contributed by atoms with Gasteiger partial charge in [0, 0.05) is 24.0 Å². The summed E-state index contributed by atoms with van der Waals surface area (Å²) in [5.74, 6) is -2.52. The zero-order chi connectivity index (χ0) is 28.3. The van der Waals surface area contributed by atoms with Crippen molar-refractivity contribution < 1.29 is 34.5 Å². The van der Waals surface area contributed by atoms with Gasteiger partial charge in [-0.25, -0.2) is 0 Å². The number of aromatic hydroxyl groups is 1. The van der Waals surface area contributed by atoms with E-state index in [1.165, 1.54) is 12.1 Å². The van der Waals surface area contributed by atoms with Crippen molar-refractivity contribution in [3.63, 3.8) is 0 Å². The number of ketones is 3. The molecule has 0 fully saturated rings. The fourth-order valence-corrected chi connectivity index (χ4v) is 4.72. The first kappa shape index (κ1) is 28.9. The highest BCUT2D eigenvalue weighted by Crippen LogP contribution is 2.38. The third kappa shape index (κ3) is 5.92. The molecule has 0 unspecified atom stereocenters. The summed E-state index contributed by atoms with van der Waals surface area (Å²) in [7, 11) is 0. The van der Waals surface area contributed by atoms with Gasteiger partial charge in [-0.2, -0.15) is 0 Å². The number of Topliss-reactive ketones (excluding diaryl/α,β-unsaturated/α-hetero) is 3. The lowest BCUT2D eigenvalue weighted by Gasteiger charge is -2.24. The van der Waals surface area contributed by atoms with Gasteiger partial charge >= 0.3 is 0 Å². The first-order valence-corrected chi connectivity index (χ1v) is 12.8. The van der Waals surface area contributed by atoms with Crippen LogP contribution in [0.15, 0.2) is 52.8 Å². The maximum absolute atomic E-state index is 13.6. The number of amides is 1. The SMILES string of the molecule is CC[C@@H](C=C[C@H](O)[C@@H](O)C=C(C)C)CCC(=O)c1c(O)c(C)cc2c1C(=O)C1=C(NC(=O)CC=C1C)C2=O. The monoisotopic (exact) mass is 521 g/mol. The second-order valence-electron chi connectivity index (χ2n) is 10.1. The fourth-order valence-electron chi connectivity index (χ4n) is 4.72. The van der Waals surface area contributed by atoms with E-state index in [4.69, 9.17) is 0 Å². The maximum atomic E-state index is 13.6. The van der Waals surface area contributed by atoms with Crippen molar-refractivity contribution in [2.75, 3.05) is 0 Å². The lowest BCUT2D eigenvalue weighted by molar-refractivity contribution is -0.119. The van der Waals surface area contributed by atoms with Crippen LogP contribution in [0.1, 0.15) is 90.0 Å². The molecule has 38 heavy (non-hydrogen) atoms. The number of phenols is 1. The smallest absolute Gasteiger partial charge is 0.228 e. The van der Waals surface area contributed by atoms with Crippen molar-refractivity contribution >= 4 is 23.3 Å². The molecule has 0 saturated carbocycles. The van der Waals surface area contributed by atoms with Crippen LogP contribution in [0.4, 0.5) is 0 Å². The van der Waals surface area contributed by atoms with E-state index in [2.05, 4.69) is 5.32 Å². The average Bonchev–Trinajstić information content (AvgIpc) is 3.01. The summed E-state index contributed by atoms with van der Waals surface area (Å²) >= 11 is 0. The van der Waals surface area contributed by atoms with Gasteiger partial charge in [0.15, 0.2) is 11.6 Å². The van der Waals surface area contributed by atoms with Gasteiger partial charge in [-0.15, -0.1) is 0 Å². The Hall–Kier alpha value is -3.62. The van der Waals surface area contributed by atoms with E-state index < -0.39 is 35.5 Å². The Labute approximate surface area is 222 Å². The molecule has 0 radical (unpaired) electrons. The summed E-state index contributed by atoms with van der Waals surface area (Å²) in [5.41, 5.74) is 1.16. The second kappa shape index (κ2) is 11.8. The molecule has 0 saturated heterocycles. The summed E-state index contributed by atoms with van der Waals surface area (Å²) < 4.78 is 0. The van der Waals surface area contributed by atoms with E-state index in [9.17, 15) is 34.5 Å². The molecule has 8 heteroatoms. The highest BCUT2D eigenvalue weighted by Gasteiger charge is 2.39. The van der Waals surface area contributed by atoms with Gasteiger partial charge in [0.25, 0.3) is 0 Å². The van der Waals surface area contributed by atoms with E-state index in [0.29, 0.717) is 18.4 Å². The summed E-state index contributed by atoms with van der Waals surface area (Å²) in [6.07, 6.45) is 5.25. The summed E-state index contributed by atoms with van der Waals surface area (Å²) in [6.45, 7) is 8.73. The second-order valence-corrected chi connectivity index (χ2v) is 10.1. The minimum Gasteiger partial charge on any atom is -0.507 e. The van der Waals surface area contributed by atoms with Gasteiger partial charge in [-0.05, 0) is 63.7 Å². The zero-order valence-electron chi connectivity index (χ0n) is 22.4. The molecule has 202 valence electrons. The first-order valence-electron chi connectivity index (χ1n) is 12.8. The van der Waals surface area contributed by atoms with Crippen LogP contribution in [0.5, 0.6) is 5.75 Å². The number of nitrogens with one attached hydrogen (secondary N) is 1. The predicted molar refractivity (Wildman–Crippen MR) is 143 cm³/mol. The van der Waals surface area contributed by atoms with Crippen molar-refractivity contribution in [1.29, 1.82) is 0 Å². The van der Waals surface area contributed by atoms with E-state index in [-0.39, 0.29) is 58.0 Å². The molecule has 3 rings (SSSR count). The maximum Gasteiger partial charge on any atom is 0.228 e. The van der Waals surface area contributed by atoms with Gasteiger partial charge in [-0.1, -0.05) is 36.8 Å². The van der Waals surface area contributed by atoms with Crippen LogP contribution in [0.25, 0.3) is 0 Å². The number of aryl methyl sites for hydroxylation is 1. The molecule has 1 aromatic carbocycles. The molecule has 1 aromatic rings. The quantitative estimate of drug-likeness (QED) is 0.284. The average molecular weight is 522 g/mol. The Morgan fingerprint density at radius 2 is 1.76 bits per heavy atom. The third-order valence-electron chi connectivity index (χ3n) is 6.90. The molecule has 1 heterocycles. The molecular weight excluding hydrogens is 486 g/mol. The predicted octanol–water partition coefficient (Wildman–Crippen LogP) is 4.03. The normalized spacial score (nSPS) is 17.8. The third-order valence-corrected chi connectivity index (χ3v) is 6.90. The number of allylic oxidation sites excluding steroid dienone is 5. The molecule has 0 aromatic heterocycles. The first-order chi connectivity index (χ1) is 17.9. The number of carbonyl (C=O) groups excluding carboxylic acids is 4. The summed E-state index contributed by atoms with van der Waals surface area (Å²) in [4.78, 5) is 52.6. The van der Waals surface area contributed by atoms with E-state index in [0.717, 1.165) is 5.57 Å². The zero-order valence-corrected chi connectivity index (χ0v) is 22.4. The Bertz CT molecular complexity index is 1310. The molecule has 2 aliphatic rings. The molecule has 1 aliphatic heterocycles. The Kier molecular flexibility index (Phi) is 9.01. The van der Waals surface area contributed by atoms with Crippen LogP contribution in [0, 0.1) is 12.8 Å². The minimum absolute atomic E-state index is 0.0117. The van der Waals surface area contributed by atoms with Gasteiger partial charge in [0.1, 0.15) is 23.7 Å². The van der Waals surface area contributed by atoms with Crippen LogP contribution in [0.3, 0.4) is 0 Å².